The monoisotopic (exact) mass is 274 g/mol. The van der Waals surface area contributed by atoms with Gasteiger partial charge in [-0.15, -0.1) is 0 Å². The maximum absolute atomic E-state index is 13.2. The van der Waals surface area contributed by atoms with Crippen LogP contribution in [0.5, 0.6) is 0 Å². The van der Waals surface area contributed by atoms with Gasteiger partial charge in [0.25, 0.3) is 0 Å². The Hall–Kier alpha value is -0.450. The van der Waals surface area contributed by atoms with Gasteiger partial charge in [0.15, 0.2) is 0 Å². The van der Waals surface area contributed by atoms with Crippen molar-refractivity contribution in [1.29, 1.82) is 0 Å². The molecule has 0 heterocycles. The average molecular weight is 275 g/mol. The fraction of sp³-hybridized carbons (Fsp3) is 0.455. The van der Waals surface area contributed by atoms with E-state index in [0.717, 1.165) is 5.56 Å². The predicted octanol–water partition coefficient (Wildman–Crippen LogP) is 2.62. The molecule has 1 atom stereocenters. The van der Waals surface area contributed by atoms with Gasteiger partial charge in [0.1, 0.15) is 5.82 Å². The second-order valence-electron chi connectivity index (χ2n) is 3.93. The summed E-state index contributed by atoms with van der Waals surface area (Å²) in [7, 11) is 0. The molecule has 0 radical (unpaired) electrons. The van der Waals surface area contributed by atoms with Crippen molar-refractivity contribution in [3.63, 3.8) is 0 Å². The van der Waals surface area contributed by atoms with E-state index < -0.39 is 0 Å². The Morgan fingerprint density at radius 1 is 1.47 bits per heavy atom. The molecule has 0 saturated carbocycles. The molecular weight excluding hydrogens is 259 g/mol. The van der Waals surface area contributed by atoms with Crippen LogP contribution in [0, 0.1) is 11.7 Å². The smallest absolute Gasteiger partial charge is 0.137 e. The Morgan fingerprint density at radius 2 is 2.13 bits per heavy atom. The van der Waals surface area contributed by atoms with Gasteiger partial charge in [-0.25, -0.2) is 4.39 Å². The van der Waals surface area contributed by atoms with Crippen LogP contribution in [-0.4, -0.2) is 6.04 Å². The van der Waals surface area contributed by atoms with Crippen LogP contribution in [0.25, 0.3) is 0 Å². The Bertz CT molecular complexity index is 328. The lowest BCUT2D eigenvalue weighted by molar-refractivity contribution is 0.403. The van der Waals surface area contributed by atoms with Gasteiger partial charge in [0.05, 0.1) is 4.47 Å². The number of rotatable bonds is 4. The Labute approximate surface area is 98.1 Å². The maximum Gasteiger partial charge on any atom is 0.137 e. The van der Waals surface area contributed by atoms with Crippen LogP contribution in [0.2, 0.25) is 0 Å². The Kier molecular flexibility index (Phi) is 4.70. The van der Waals surface area contributed by atoms with E-state index in [1.54, 1.807) is 6.07 Å². The minimum Gasteiger partial charge on any atom is -0.271 e. The maximum atomic E-state index is 13.2. The number of halogens is 2. The average Bonchev–Trinajstić information content (AvgIpc) is 2.19. The zero-order chi connectivity index (χ0) is 11.4. The third-order valence-corrected chi connectivity index (χ3v) is 3.38. The number of benzene rings is 1. The van der Waals surface area contributed by atoms with E-state index >= 15 is 0 Å². The highest BCUT2D eigenvalue weighted by atomic mass is 79.9. The molecule has 0 aliphatic heterocycles. The summed E-state index contributed by atoms with van der Waals surface area (Å²) in [4.78, 5) is 0. The van der Waals surface area contributed by atoms with Crippen LogP contribution in [0.4, 0.5) is 4.39 Å². The number of hydrogen-bond donors (Lipinski definition) is 2. The standard InChI is InChI=1S/C11H16BrFN2/c1-7(2)10(15-14)6-8-4-3-5-9(13)11(8)12/h3-5,7,10,15H,6,14H2,1-2H3. The van der Waals surface area contributed by atoms with Crippen molar-refractivity contribution < 1.29 is 4.39 Å². The summed E-state index contributed by atoms with van der Waals surface area (Å²) in [6.07, 6.45) is 0.715. The summed E-state index contributed by atoms with van der Waals surface area (Å²) in [5.74, 6) is 5.63. The van der Waals surface area contributed by atoms with Gasteiger partial charge in [-0.3, -0.25) is 11.3 Å². The summed E-state index contributed by atoms with van der Waals surface area (Å²) < 4.78 is 13.8. The molecule has 2 nitrogen and oxygen atoms in total. The molecule has 1 rings (SSSR count). The number of nitrogens with two attached hydrogens (primary N) is 1. The van der Waals surface area contributed by atoms with Gasteiger partial charge >= 0.3 is 0 Å². The predicted molar refractivity (Wildman–Crippen MR) is 63.8 cm³/mol. The highest BCUT2D eigenvalue weighted by Crippen LogP contribution is 2.22. The van der Waals surface area contributed by atoms with E-state index in [9.17, 15) is 4.39 Å². The van der Waals surface area contributed by atoms with E-state index in [-0.39, 0.29) is 11.9 Å². The topological polar surface area (TPSA) is 38.0 Å². The van der Waals surface area contributed by atoms with Crippen molar-refractivity contribution in [2.45, 2.75) is 26.3 Å². The SMILES string of the molecule is CC(C)C(Cc1cccc(F)c1Br)NN. The summed E-state index contributed by atoms with van der Waals surface area (Å²) in [5.41, 5.74) is 3.69. The zero-order valence-corrected chi connectivity index (χ0v) is 10.5. The number of nitrogens with one attached hydrogen (secondary N) is 1. The molecule has 0 amide bonds. The molecule has 0 fully saturated rings. The van der Waals surface area contributed by atoms with Crippen molar-refractivity contribution in [2.24, 2.45) is 11.8 Å². The largest absolute Gasteiger partial charge is 0.271 e. The van der Waals surface area contributed by atoms with Crippen molar-refractivity contribution in [2.75, 3.05) is 0 Å². The second kappa shape index (κ2) is 5.58. The first-order valence-corrected chi connectivity index (χ1v) is 5.74. The molecule has 1 aromatic rings. The van der Waals surface area contributed by atoms with E-state index in [1.807, 2.05) is 6.07 Å². The minimum atomic E-state index is -0.230. The molecule has 0 aromatic heterocycles. The second-order valence-corrected chi connectivity index (χ2v) is 4.73. The quantitative estimate of drug-likeness (QED) is 0.655. The van der Waals surface area contributed by atoms with E-state index in [2.05, 4.69) is 35.2 Å². The summed E-state index contributed by atoms with van der Waals surface area (Å²) in [5, 5.41) is 0. The highest BCUT2D eigenvalue weighted by molar-refractivity contribution is 9.10. The van der Waals surface area contributed by atoms with Gasteiger partial charge in [0.2, 0.25) is 0 Å². The summed E-state index contributed by atoms with van der Waals surface area (Å²) in [6, 6.07) is 5.21. The van der Waals surface area contributed by atoms with E-state index in [0.29, 0.717) is 16.8 Å². The van der Waals surface area contributed by atoms with Crippen LogP contribution < -0.4 is 11.3 Å². The summed E-state index contributed by atoms with van der Waals surface area (Å²) >= 11 is 3.24. The first kappa shape index (κ1) is 12.6. The zero-order valence-electron chi connectivity index (χ0n) is 8.93. The lowest BCUT2D eigenvalue weighted by Gasteiger charge is -2.20. The Balaban J connectivity index is 2.84. The molecule has 15 heavy (non-hydrogen) atoms. The van der Waals surface area contributed by atoms with Gasteiger partial charge < -0.3 is 0 Å². The van der Waals surface area contributed by atoms with Crippen LogP contribution >= 0.6 is 15.9 Å². The van der Waals surface area contributed by atoms with Crippen LogP contribution in [0.15, 0.2) is 22.7 Å². The van der Waals surface area contributed by atoms with Gasteiger partial charge in [-0.1, -0.05) is 26.0 Å². The molecule has 3 N–H and O–H groups in total. The van der Waals surface area contributed by atoms with Crippen LogP contribution in [0.1, 0.15) is 19.4 Å². The fourth-order valence-corrected chi connectivity index (χ4v) is 1.86. The molecule has 1 unspecified atom stereocenters. The van der Waals surface area contributed by atoms with Crippen molar-refractivity contribution in [3.05, 3.63) is 34.1 Å². The Morgan fingerprint density at radius 3 is 2.67 bits per heavy atom. The molecule has 1 aromatic carbocycles. The van der Waals surface area contributed by atoms with Crippen LogP contribution in [-0.2, 0) is 6.42 Å². The van der Waals surface area contributed by atoms with Gasteiger partial charge in [0, 0.05) is 6.04 Å². The van der Waals surface area contributed by atoms with Crippen molar-refractivity contribution in [3.8, 4) is 0 Å². The normalized spacial score (nSPS) is 13.2. The fourth-order valence-electron chi connectivity index (χ4n) is 1.43. The molecule has 0 aliphatic rings. The third-order valence-electron chi connectivity index (χ3n) is 2.49. The molecule has 84 valence electrons. The number of hydrogen-bond acceptors (Lipinski definition) is 2. The first-order valence-electron chi connectivity index (χ1n) is 4.95. The van der Waals surface area contributed by atoms with Crippen molar-refractivity contribution >= 4 is 15.9 Å². The highest BCUT2D eigenvalue weighted by Gasteiger charge is 2.14. The molecule has 0 spiro atoms. The minimum absolute atomic E-state index is 0.156. The molecular formula is C11H16BrFN2. The lowest BCUT2D eigenvalue weighted by Crippen LogP contribution is -2.40. The third kappa shape index (κ3) is 3.26. The number of hydrazine groups is 1. The summed E-state index contributed by atoms with van der Waals surface area (Å²) in [6.45, 7) is 4.16. The molecule has 0 bridgehead atoms. The van der Waals surface area contributed by atoms with E-state index in [1.165, 1.54) is 6.07 Å². The molecule has 0 aliphatic carbocycles. The van der Waals surface area contributed by atoms with Gasteiger partial charge in [-0.05, 0) is 39.9 Å². The molecule has 4 heteroatoms. The van der Waals surface area contributed by atoms with Gasteiger partial charge in [-0.2, -0.15) is 0 Å². The first-order chi connectivity index (χ1) is 7.06. The van der Waals surface area contributed by atoms with Crippen LogP contribution in [0.3, 0.4) is 0 Å². The lowest BCUT2D eigenvalue weighted by atomic mass is 9.97. The molecule has 0 saturated heterocycles. The van der Waals surface area contributed by atoms with E-state index in [4.69, 9.17) is 5.84 Å². The van der Waals surface area contributed by atoms with Crippen molar-refractivity contribution in [1.82, 2.24) is 5.43 Å².